The van der Waals surface area contributed by atoms with Crippen molar-refractivity contribution in [3.05, 3.63) is 30.4 Å². The molecule has 0 aliphatic carbocycles. The summed E-state index contributed by atoms with van der Waals surface area (Å²) in [5, 5.41) is 4.19. The van der Waals surface area contributed by atoms with E-state index >= 15 is 0 Å². The standard InChI is InChI=1S/C14H21N5O/c1-11(2)10-18(6-3-4-15)14(20)12-8-17-19-7-5-16-9-13(12)19/h5,7-9,11H,3-4,6,10,15H2,1-2H3. The molecule has 2 rings (SSSR count). The first-order valence-corrected chi connectivity index (χ1v) is 6.90. The monoisotopic (exact) mass is 275 g/mol. The Labute approximate surface area is 118 Å². The number of carbonyl (C=O) groups excluding carboxylic acids is 1. The smallest absolute Gasteiger partial charge is 0.257 e. The fraction of sp³-hybridized carbons (Fsp3) is 0.500. The second-order valence-corrected chi connectivity index (χ2v) is 5.25. The molecule has 2 heterocycles. The van der Waals surface area contributed by atoms with E-state index in [1.165, 1.54) is 0 Å². The largest absolute Gasteiger partial charge is 0.338 e. The molecule has 0 aliphatic rings. The average molecular weight is 275 g/mol. The first-order chi connectivity index (χ1) is 9.63. The first kappa shape index (κ1) is 14.5. The van der Waals surface area contributed by atoms with Gasteiger partial charge >= 0.3 is 0 Å². The van der Waals surface area contributed by atoms with E-state index in [1.54, 1.807) is 29.3 Å². The van der Waals surface area contributed by atoms with Crippen LogP contribution in [0.3, 0.4) is 0 Å². The van der Waals surface area contributed by atoms with E-state index in [1.807, 2.05) is 4.90 Å². The Bertz CT molecular complexity index is 578. The summed E-state index contributed by atoms with van der Waals surface area (Å²) >= 11 is 0. The predicted octanol–water partition coefficient (Wildman–Crippen LogP) is 1.18. The fourth-order valence-corrected chi connectivity index (χ4v) is 2.17. The highest BCUT2D eigenvalue weighted by molar-refractivity contribution is 6.00. The third-order valence-electron chi connectivity index (χ3n) is 3.06. The molecular weight excluding hydrogens is 254 g/mol. The van der Waals surface area contributed by atoms with Crippen LogP contribution in [0.1, 0.15) is 30.6 Å². The highest BCUT2D eigenvalue weighted by Gasteiger charge is 2.20. The molecule has 0 spiro atoms. The van der Waals surface area contributed by atoms with Gasteiger partial charge in [0, 0.05) is 25.5 Å². The maximum atomic E-state index is 12.7. The zero-order chi connectivity index (χ0) is 14.5. The van der Waals surface area contributed by atoms with Gasteiger partial charge in [0.05, 0.1) is 23.5 Å². The number of carbonyl (C=O) groups is 1. The van der Waals surface area contributed by atoms with Gasteiger partial charge in [0.2, 0.25) is 0 Å². The number of rotatable bonds is 6. The van der Waals surface area contributed by atoms with E-state index in [2.05, 4.69) is 23.9 Å². The average Bonchev–Trinajstić information content (AvgIpc) is 2.86. The summed E-state index contributed by atoms with van der Waals surface area (Å²) < 4.78 is 1.66. The topological polar surface area (TPSA) is 76.5 Å². The summed E-state index contributed by atoms with van der Waals surface area (Å²) in [5.74, 6) is 0.409. The summed E-state index contributed by atoms with van der Waals surface area (Å²) in [7, 11) is 0. The zero-order valence-electron chi connectivity index (χ0n) is 12.0. The Morgan fingerprint density at radius 2 is 2.25 bits per heavy atom. The van der Waals surface area contributed by atoms with Crippen LogP contribution in [0.4, 0.5) is 0 Å². The van der Waals surface area contributed by atoms with Crippen LogP contribution in [-0.4, -0.2) is 45.0 Å². The third-order valence-corrected chi connectivity index (χ3v) is 3.06. The predicted molar refractivity (Wildman–Crippen MR) is 77.4 cm³/mol. The molecule has 20 heavy (non-hydrogen) atoms. The fourth-order valence-electron chi connectivity index (χ4n) is 2.17. The zero-order valence-corrected chi connectivity index (χ0v) is 12.0. The SMILES string of the molecule is CC(C)CN(CCCN)C(=O)c1cnn2ccncc12. The number of hydrogen-bond acceptors (Lipinski definition) is 4. The molecule has 0 saturated heterocycles. The summed E-state index contributed by atoms with van der Waals surface area (Å²) in [6.45, 7) is 6.17. The van der Waals surface area contributed by atoms with Crippen molar-refractivity contribution in [3.63, 3.8) is 0 Å². The summed E-state index contributed by atoms with van der Waals surface area (Å²) in [6.07, 6.45) is 7.45. The number of hydrogen-bond donors (Lipinski definition) is 1. The molecule has 108 valence electrons. The maximum absolute atomic E-state index is 12.7. The molecule has 6 heteroatoms. The third kappa shape index (κ3) is 3.14. The van der Waals surface area contributed by atoms with Gasteiger partial charge in [-0.2, -0.15) is 5.10 Å². The number of fused-ring (bicyclic) bond motifs is 1. The molecule has 1 amide bonds. The molecule has 0 bridgehead atoms. The number of nitrogens with two attached hydrogens (primary N) is 1. The minimum atomic E-state index is -0.00449. The van der Waals surface area contributed by atoms with Gasteiger partial charge in [0.15, 0.2) is 0 Å². The van der Waals surface area contributed by atoms with E-state index in [-0.39, 0.29) is 5.91 Å². The van der Waals surface area contributed by atoms with E-state index in [0.717, 1.165) is 18.5 Å². The van der Waals surface area contributed by atoms with Crippen molar-refractivity contribution in [1.29, 1.82) is 0 Å². The maximum Gasteiger partial charge on any atom is 0.257 e. The molecular formula is C14H21N5O. The van der Waals surface area contributed by atoms with Crippen molar-refractivity contribution in [2.75, 3.05) is 19.6 Å². The number of nitrogens with zero attached hydrogens (tertiary/aromatic N) is 4. The lowest BCUT2D eigenvalue weighted by atomic mass is 10.1. The van der Waals surface area contributed by atoms with E-state index < -0.39 is 0 Å². The molecule has 0 radical (unpaired) electrons. The molecule has 0 unspecified atom stereocenters. The van der Waals surface area contributed by atoms with Crippen LogP contribution in [0.25, 0.3) is 5.52 Å². The number of amides is 1. The summed E-state index contributed by atoms with van der Waals surface area (Å²) in [5.41, 5.74) is 6.88. The first-order valence-electron chi connectivity index (χ1n) is 6.90. The molecule has 2 aromatic rings. The van der Waals surface area contributed by atoms with E-state index in [9.17, 15) is 4.79 Å². The van der Waals surface area contributed by atoms with E-state index in [0.29, 0.717) is 24.6 Å². The summed E-state index contributed by atoms with van der Waals surface area (Å²) in [4.78, 5) is 18.6. The molecule has 6 nitrogen and oxygen atoms in total. The van der Waals surface area contributed by atoms with Crippen LogP contribution in [0.15, 0.2) is 24.8 Å². The second-order valence-electron chi connectivity index (χ2n) is 5.25. The highest BCUT2D eigenvalue weighted by Crippen LogP contribution is 2.13. The highest BCUT2D eigenvalue weighted by atomic mass is 16.2. The molecule has 2 N–H and O–H groups in total. The normalized spacial score (nSPS) is 11.2. The molecule has 0 atom stereocenters. The van der Waals surface area contributed by atoms with Gasteiger partial charge < -0.3 is 10.6 Å². The van der Waals surface area contributed by atoms with Crippen LogP contribution in [0.2, 0.25) is 0 Å². The van der Waals surface area contributed by atoms with Gasteiger partial charge in [-0.1, -0.05) is 13.8 Å². The minimum Gasteiger partial charge on any atom is -0.338 e. The van der Waals surface area contributed by atoms with Crippen LogP contribution < -0.4 is 5.73 Å². The molecule has 2 aromatic heterocycles. The lowest BCUT2D eigenvalue weighted by Gasteiger charge is -2.24. The van der Waals surface area contributed by atoms with Crippen molar-refractivity contribution >= 4 is 11.4 Å². The minimum absolute atomic E-state index is 0.00449. The molecule has 0 saturated carbocycles. The van der Waals surface area contributed by atoms with Crippen molar-refractivity contribution in [1.82, 2.24) is 19.5 Å². The van der Waals surface area contributed by atoms with Crippen LogP contribution in [0.5, 0.6) is 0 Å². The quantitative estimate of drug-likeness (QED) is 0.858. The van der Waals surface area contributed by atoms with Crippen molar-refractivity contribution in [2.45, 2.75) is 20.3 Å². The molecule has 0 aromatic carbocycles. The van der Waals surface area contributed by atoms with Gasteiger partial charge in [-0.25, -0.2) is 4.52 Å². The molecule has 0 aliphatic heterocycles. The number of aromatic nitrogens is 3. The van der Waals surface area contributed by atoms with E-state index in [4.69, 9.17) is 5.73 Å². The van der Waals surface area contributed by atoms with Crippen LogP contribution >= 0.6 is 0 Å². The van der Waals surface area contributed by atoms with Crippen LogP contribution in [0, 0.1) is 5.92 Å². The Kier molecular flexibility index (Phi) is 4.68. The Hall–Kier alpha value is -1.95. The molecule has 0 fully saturated rings. The van der Waals surface area contributed by atoms with Gasteiger partial charge in [-0.3, -0.25) is 9.78 Å². The van der Waals surface area contributed by atoms with Gasteiger partial charge in [0.1, 0.15) is 0 Å². The Balaban J connectivity index is 2.26. The van der Waals surface area contributed by atoms with Gasteiger partial charge in [-0.15, -0.1) is 0 Å². The lowest BCUT2D eigenvalue weighted by molar-refractivity contribution is 0.0737. The van der Waals surface area contributed by atoms with Crippen LogP contribution in [-0.2, 0) is 0 Å². The lowest BCUT2D eigenvalue weighted by Crippen LogP contribution is -2.35. The van der Waals surface area contributed by atoms with Crippen molar-refractivity contribution in [2.24, 2.45) is 11.7 Å². The Morgan fingerprint density at radius 3 is 2.95 bits per heavy atom. The van der Waals surface area contributed by atoms with Crippen molar-refractivity contribution < 1.29 is 4.79 Å². The van der Waals surface area contributed by atoms with Gasteiger partial charge in [-0.05, 0) is 18.9 Å². The second kappa shape index (κ2) is 6.47. The van der Waals surface area contributed by atoms with Crippen molar-refractivity contribution in [3.8, 4) is 0 Å². The van der Waals surface area contributed by atoms with Gasteiger partial charge in [0.25, 0.3) is 5.91 Å². The summed E-state index contributed by atoms with van der Waals surface area (Å²) in [6, 6.07) is 0. The Morgan fingerprint density at radius 1 is 1.45 bits per heavy atom.